The molecule has 0 aliphatic carbocycles. The second-order valence-electron chi connectivity index (χ2n) is 11.4. The van der Waals surface area contributed by atoms with E-state index in [2.05, 4.69) is 84.0 Å². The van der Waals surface area contributed by atoms with Crippen molar-refractivity contribution in [3.63, 3.8) is 0 Å². The summed E-state index contributed by atoms with van der Waals surface area (Å²) >= 11 is 0. The van der Waals surface area contributed by atoms with Crippen LogP contribution in [0.1, 0.15) is 53.4 Å². The Morgan fingerprint density at radius 2 is 1.60 bits per heavy atom. The van der Waals surface area contributed by atoms with Gasteiger partial charge in [-0.05, 0) is 31.0 Å². The highest BCUT2D eigenvalue weighted by molar-refractivity contribution is 6.83. The Hall–Kier alpha value is -0.426. The first-order valence-electron chi connectivity index (χ1n) is 11.6. The minimum atomic E-state index is -1.90. The lowest BCUT2D eigenvalue weighted by atomic mass is 10.0. The van der Waals surface area contributed by atoms with E-state index in [0.29, 0.717) is 6.42 Å². The van der Waals surface area contributed by atoms with Crippen molar-refractivity contribution in [2.75, 3.05) is 0 Å². The summed E-state index contributed by atoms with van der Waals surface area (Å²) in [6.07, 6.45) is 7.07. The highest BCUT2D eigenvalue weighted by atomic mass is 28.4. The lowest BCUT2D eigenvalue weighted by Gasteiger charge is -2.40. The van der Waals surface area contributed by atoms with Gasteiger partial charge in [0.15, 0.2) is 8.32 Å². The zero-order chi connectivity index (χ0) is 22.7. The molecule has 0 amide bonds. The number of ether oxygens (including phenoxy) is 2. The van der Waals surface area contributed by atoms with Crippen molar-refractivity contribution < 1.29 is 19.0 Å². The molecule has 0 aromatic carbocycles. The van der Waals surface area contributed by atoms with E-state index in [1.54, 1.807) is 0 Å². The Kier molecular flexibility index (Phi) is 8.62. The van der Waals surface area contributed by atoms with E-state index < -0.39 is 22.5 Å². The molecular weight excluding hydrogens is 408 g/mol. The molecule has 2 saturated heterocycles. The number of hydrogen-bond donors (Lipinski definition) is 1. The molecule has 0 aromatic rings. The molecule has 0 unspecified atom stereocenters. The van der Waals surface area contributed by atoms with Crippen LogP contribution in [0.4, 0.5) is 0 Å². The molecule has 1 N–H and O–H groups in total. The van der Waals surface area contributed by atoms with Gasteiger partial charge in [-0.25, -0.2) is 0 Å². The van der Waals surface area contributed by atoms with E-state index in [0.717, 1.165) is 19.3 Å². The first-order valence-corrected chi connectivity index (χ1v) is 18.0. The van der Waals surface area contributed by atoms with E-state index in [-0.39, 0.29) is 35.6 Å². The first-order chi connectivity index (χ1) is 13.7. The van der Waals surface area contributed by atoms with Gasteiger partial charge in [0, 0.05) is 12.8 Å². The normalized spacial score (nSPS) is 29.5. The standard InChI is InChI=1S/C24H44O4Si2/c1-10-11-12-13-19(28-30(8,9)24(2,3)4)21-17-23-22(27-21)16-20(26-23)18(25)14-15-29(5,6)7/h11-12,18-23,25H,10,13,16-17H2,1-9H3/t18-,19-,20-,21+,22+,23+/m0/s1. The molecule has 0 aromatic heterocycles. The van der Waals surface area contributed by atoms with E-state index in [4.69, 9.17) is 13.9 Å². The summed E-state index contributed by atoms with van der Waals surface area (Å²) in [6, 6.07) is 0. The molecule has 0 bridgehead atoms. The zero-order valence-electron chi connectivity index (χ0n) is 20.6. The maximum Gasteiger partial charge on any atom is 0.192 e. The van der Waals surface area contributed by atoms with Crippen LogP contribution in [-0.4, -0.2) is 58.1 Å². The molecular formula is C24H44O4Si2. The molecule has 2 rings (SSSR count). The second-order valence-corrected chi connectivity index (χ2v) is 20.9. The summed E-state index contributed by atoms with van der Waals surface area (Å²) in [6.45, 7) is 20.1. The molecule has 6 atom stereocenters. The fourth-order valence-corrected chi connectivity index (χ4v) is 5.60. The van der Waals surface area contributed by atoms with Crippen molar-refractivity contribution in [1.29, 1.82) is 0 Å². The highest BCUT2D eigenvalue weighted by Gasteiger charge is 2.49. The monoisotopic (exact) mass is 452 g/mol. The van der Waals surface area contributed by atoms with Crippen LogP contribution in [0, 0.1) is 11.5 Å². The van der Waals surface area contributed by atoms with Gasteiger partial charge in [0.2, 0.25) is 0 Å². The predicted molar refractivity (Wildman–Crippen MR) is 130 cm³/mol. The van der Waals surface area contributed by atoms with Gasteiger partial charge in [-0.15, -0.1) is 5.54 Å². The number of aliphatic hydroxyl groups excluding tert-OH is 1. The fourth-order valence-electron chi connectivity index (χ4n) is 3.66. The Balaban J connectivity index is 2.02. The third-order valence-corrected chi connectivity index (χ3v) is 11.8. The number of hydrogen-bond acceptors (Lipinski definition) is 4. The smallest absolute Gasteiger partial charge is 0.192 e. The van der Waals surface area contributed by atoms with Gasteiger partial charge in [0.05, 0.1) is 30.5 Å². The maximum atomic E-state index is 10.5. The van der Waals surface area contributed by atoms with Gasteiger partial charge in [-0.2, -0.15) is 0 Å². The van der Waals surface area contributed by atoms with Crippen molar-refractivity contribution in [2.45, 2.75) is 128 Å². The number of aliphatic hydroxyl groups is 1. The Morgan fingerprint density at radius 1 is 1.03 bits per heavy atom. The quantitative estimate of drug-likeness (QED) is 0.324. The fraction of sp³-hybridized carbons (Fsp3) is 0.833. The molecule has 0 spiro atoms. The molecule has 30 heavy (non-hydrogen) atoms. The topological polar surface area (TPSA) is 47.9 Å². The molecule has 2 aliphatic rings. The lowest BCUT2D eigenvalue weighted by Crippen LogP contribution is -2.47. The third-order valence-electron chi connectivity index (χ3n) is 6.43. The minimum absolute atomic E-state index is 0.0315. The minimum Gasteiger partial charge on any atom is -0.411 e. The molecule has 2 aliphatic heterocycles. The van der Waals surface area contributed by atoms with E-state index in [9.17, 15) is 5.11 Å². The van der Waals surface area contributed by atoms with Crippen molar-refractivity contribution in [1.82, 2.24) is 0 Å². The maximum absolute atomic E-state index is 10.5. The van der Waals surface area contributed by atoms with E-state index >= 15 is 0 Å². The average molecular weight is 453 g/mol. The molecule has 2 fully saturated rings. The summed E-state index contributed by atoms with van der Waals surface area (Å²) in [7, 11) is -3.41. The van der Waals surface area contributed by atoms with Crippen molar-refractivity contribution in [3.8, 4) is 11.5 Å². The van der Waals surface area contributed by atoms with Crippen LogP contribution in [0.5, 0.6) is 0 Å². The predicted octanol–water partition coefficient (Wildman–Crippen LogP) is 5.29. The van der Waals surface area contributed by atoms with Crippen LogP contribution in [0.3, 0.4) is 0 Å². The van der Waals surface area contributed by atoms with Crippen molar-refractivity contribution >= 4 is 16.4 Å². The summed E-state index contributed by atoms with van der Waals surface area (Å²) in [5.41, 5.74) is 3.25. The highest BCUT2D eigenvalue weighted by Crippen LogP contribution is 2.41. The lowest BCUT2D eigenvalue weighted by molar-refractivity contribution is -0.0322. The van der Waals surface area contributed by atoms with E-state index in [1.165, 1.54) is 0 Å². The molecule has 0 saturated carbocycles. The van der Waals surface area contributed by atoms with Gasteiger partial charge in [-0.1, -0.05) is 65.4 Å². The van der Waals surface area contributed by atoms with Crippen molar-refractivity contribution in [3.05, 3.63) is 12.2 Å². The molecule has 6 heteroatoms. The SMILES string of the molecule is CCC=CC[C@H](O[Si](C)(C)C(C)(C)C)[C@H]1C[C@H]2O[C@H]([C@@H](O)C#C[Si](C)(C)C)C[C@H]2O1. The number of rotatable bonds is 7. The third kappa shape index (κ3) is 7.04. The van der Waals surface area contributed by atoms with Gasteiger partial charge in [-0.3, -0.25) is 0 Å². The summed E-state index contributed by atoms with van der Waals surface area (Å²) < 4.78 is 19.4. The van der Waals surface area contributed by atoms with Crippen LogP contribution in [-0.2, 0) is 13.9 Å². The average Bonchev–Trinajstić information content (AvgIpc) is 3.16. The largest absolute Gasteiger partial charge is 0.411 e. The molecule has 0 radical (unpaired) electrons. The Labute approximate surface area is 186 Å². The summed E-state index contributed by atoms with van der Waals surface area (Å²) in [5, 5.41) is 10.6. The summed E-state index contributed by atoms with van der Waals surface area (Å²) in [5.74, 6) is 3.03. The Morgan fingerprint density at radius 3 is 2.13 bits per heavy atom. The molecule has 4 nitrogen and oxygen atoms in total. The van der Waals surface area contributed by atoms with Crippen LogP contribution >= 0.6 is 0 Å². The number of allylic oxidation sites excluding steroid dienone is 1. The van der Waals surface area contributed by atoms with Crippen LogP contribution in [0.2, 0.25) is 37.8 Å². The van der Waals surface area contributed by atoms with E-state index in [1.807, 2.05) is 0 Å². The van der Waals surface area contributed by atoms with Gasteiger partial charge < -0.3 is 19.0 Å². The zero-order valence-corrected chi connectivity index (χ0v) is 22.6. The van der Waals surface area contributed by atoms with Gasteiger partial charge in [0.1, 0.15) is 14.2 Å². The van der Waals surface area contributed by atoms with Crippen LogP contribution < -0.4 is 0 Å². The van der Waals surface area contributed by atoms with Crippen LogP contribution in [0.15, 0.2) is 12.2 Å². The molecule has 2 heterocycles. The second kappa shape index (κ2) is 10.0. The Bertz CT molecular complexity index is 637. The summed E-state index contributed by atoms with van der Waals surface area (Å²) in [4.78, 5) is 0. The first kappa shape index (κ1) is 25.8. The number of fused-ring (bicyclic) bond motifs is 1. The van der Waals surface area contributed by atoms with Crippen LogP contribution in [0.25, 0.3) is 0 Å². The van der Waals surface area contributed by atoms with Gasteiger partial charge >= 0.3 is 0 Å². The van der Waals surface area contributed by atoms with Crippen molar-refractivity contribution in [2.24, 2.45) is 0 Å². The van der Waals surface area contributed by atoms with Gasteiger partial charge in [0.25, 0.3) is 0 Å². The molecule has 172 valence electrons.